The third-order valence-electron chi connectivity index (χ3n) is 6.97. The smallest absolute Gasteiger partial charge is 0.327 e. The number of nitrogens with one attached hydrogen (secondary N) is 5. The molecule has 0 aliphatic heterocycles. The number of guanidine groups is 2. The standard InChI is InChI=1S/C29H55N11O7S/c1-4-6-10-19(37-23(42)18(36-17(3)41)12-8-14-34-28(30)31)24(43)38-20(11-7-5-2)25(44)39-21(13-9-15-35-29(32)33)26(45)40-22(16-48)27(46)47/h18-22,48H,4-16H2,1-3H3,(H,36,41)(H,37,42)(H,38,43)(H,39,44)(H,40,45)(H,46,47)(H4,30,31,34)(H4,32,33,35)/t18-,19-,20-,21-,22+/m0/s1. The highest BCUT2D eigenvalue weighted by atomic mass is 32.1. The fraction of sp³-hybridized carbons (Fsp3) is 0.724. The average Bonchev–Trinajstić information content (AvgIpc) is 3.01. The van der Waals surface area contributed by atoms with Crippen molar-refractivity contribution < 1.29 is 33.9 Å². The number of carboxylic acids is 1. The molecule has 14 N–H and O–H groups in total. The second-order valence-corrected chi connectivity index (χ2v) is 11.6. The Bertz CT molecular complexity index is 1120. The molecule has 0 fully saturated rings. The number of rotatable bonds is 25. The van der Waals surface area contributed by atoms with Gasteiger partial charge in [-0.2, -0.15) is 12.6 Å². The zero-order valence-electron chi connectivity index (χ0n) is 28.1. The van der Waals surface area contributed by atoms with Gasteiger partial charge in [0, 0.05) is 25.8 Å². The van der Waals surface area contributed by atoms with Gasteiger partial charge in [-0.3, -0.25) is 34.0 Å². The van der Waals surface area contributed by atoms with Crippen molar-refractivity contribution in [2.45, 2.75) is 115 Å². The topological polar surface area (TPSA) is 312 Å². The van der Waals surface area contributed by atoms with Crippen molar-refractivity contribution in [2.24, 2.45) is 32.9 Å². The van der Waals surface area contributed by atoms with Crippen LogP contribution < -0.4 is 49.5 Å². The van der Waals surface area contributed by atoms with Gasteiger partial charge in [0.25, 0.3) is 0 Å². The number of nitrogens with zero attached hydrogens (tertiary/aromatic N) is 2. The van der Waals surface area contributed by atoms with Crippen LogP contribution in [0.5, 0.6) is 0 Å². The number of unbranched alkanes of at least 4 members (excludes halogenated alkanes) is 2. The van der Waals surface area contributed by atoms with Crippen LogP contribution in [-0.4, -0.2) is 102 Å². The minimum absolute atomic E-state index is 0.0601. The van der Waals surface area contributed by atoms with E-state index in [1.54, 1.807) is 0 Å². The Labute approximate surface area is 287 Å². The average molecular weight is 702 g/mol. The highest BCUT2D eigenvalue weighted by Crippen LogP contribution is 2.09. The fourth-order valence-corrected chi connectivity index (χ4v) is 4.67. The summed E-state index contributed by atoms with van der Waals surface area (Å²) < 4.78 is 0. The molecule has 0 saturated heterocycles. The third-order valence-corrected chi connectivity index (χ3v) is 7.34. The highest BCUT2D eigenvalue weighted by Gasteiger charge is 2.31. The Kier molecular flexibility index (Phi) is 22.6. The molecule has 0 aliphatic rings. The van der Waals surface area contributed by atoms with Gasteiger partial charge in [0.2, 0.25) is 29.5 Å². The van der Waals surface area contributed by atoms with E-state index in [1.807, 2.05) is 13.8 Å². The molecule has 0 heterocycles. The largest absolute Gasteiger partial charge is 0.480 e. The number of carbonyl (C=O) groups excluding carboxylic acids is 5. The molecule has 0 aromatic heterocycles. The van der Waals surface area contributed by atoms with Gasteiger partial charge < -0.3 is 54.6 Å². The first kappa shape index (κ1) is 43.7. The molecule has 0 aromatic carbocycles. The van der Waals surface area contributed by atoms with E-state index < -0.39 is 65.7 Å². The van der Waals surface area contributed by atoms with Crippen molar-refractivity contribution >= 4 is 60.1 Å². The highest BCUT2D eigenvalue weighted by molar-refractivity contribution is 7.80. The van der Waals surface area contributed by atoms with Gasteiger partial charge in [0.1, 0.15) is 30.2 Å². The number of aliphatic carboxylic acids is 1. The van der Waals surface area contributed by atoms with E-state index in [-0.39, 0.29) is 62.9 Å². The van der Waals surface area contributed by atoms with Gasteiger partial charge in [-0.25, -0.2) is 4.79 Å². The second-order valence-electron chi connectivity index (χ2n) is 11.2. The number of aliphatic imine (C=N–C) groups is 2. The van der Waals surface area contributed by atoms with Gasteiger partial charge in [0.05, 0.1) is 0 Å². The molecular formula is C29H55N11O7S. The summed E-state index contributed by atoms with van der Waals surface area (Å²) in [5, 5.41) is 22.3. The monoisotopic (exact) mass is 701 g/mol. The second kappa shape index (κ2) is 24.8. The summed E-state index contributed by atoms with van der Waals surface area (Å²) in [4.78, 5) is 84.5. The van der Waals surface area contributed by atoms with Crippen LogP contribution in [0.2, 0.25) is 0 Å². The first-order chi connectivity index (χ1) is 22.7. The maximum absolute atomic E-state index is 13.6. The van der Waals surface area contributed by atoms with Crippen LogP contribution in [0.4, 0.5) is 0 Å². The zero-order chi connectivity index (χ0) is 36.6. The summed E-state index contributed by atoms with van der Waals surface area (Å²) in [6.45, 7) is 5.47. The first-order valence-corrected chi connectivity index (χ1v) is 16.7. The van der Waals surface area contributed by atoms with Crippen molar-refractivity contribution in [1.29, 1.82) is 0 Å². The van der Waals surface area contributed by atoms with Gasteiger partial charge in [-0.05, 0) is 38.5 Å². The number of hydrogen-bond donors (Lipinski definition) is 11. The van der Waals surface area contributed by atoms with Crippen molar-refractivity contribution in [3.8, 4) is 0 Å². The molecule has 0 unspecified atom stereocenters. The van der Waals surface area contributed by atoms with Crippen LogP contribution in [0.25, 0.3) is 0 Å². The molecule has 19 heteroatoms. The predicted molar refractivity (Wildman–Crippen MR) is 186 cm³/mol. The van der Waals surface area contributed by atoms with Crippen LogP contribution in [0, 0.1) is 0 Å². The summed E-state index contributed by atoms with van der Waals surface area (Å²) in [6, 6.07) is -5.56. The number of thiol groups is 1. The van der Waals surface area contributed by atoms with Gasteiger partial charge in [-0.1, -0.05) is 39.5 Å². The molecule has 0 spiro atoms. The Balaban J connectivity index is 6.00. The van der Waals surface area contributed by atoms with Crippen LogP contribution >= 0.6 is 12.6 Å². The molecule has 48 heavy (non-hydrogen) atoms. The molecule has 0 saturated carbocycles. The molecule has 0 aromatic rings. The molecule has 5 atom stereocenters. The number of carboxylic acid groups (broad SMARTS) is 1. The molecule has 18 nitrogen and oxygen atoms in total. The summed E-state index contributed by atoms with van der Waals surface area (Å²) >= 11 is 3.97. The van der Waals surface area contributed by atoms with Crippen LogP contribution in [-0.2, 0) is 28.8 Å². The van der Waals surface area contributed by atoms with E-state index in [0.29, 0.717) is 32.1 Å². The maximum atomic E-state index is 13.6. The van der Waals surface area contributed by atoms with Gasteiger partial charge in [0.15, 0.2) is 11.9 Å². The van der Waals surface area contributed by atoms with E-state index in [2.05, 4.69) is 49.2 Å². The Hall–Kier alpha value is -4.29. The van der Waals surface area contributed by atoms with E-state index in [1.165, 1.54) is 6.92 Å². The zero-order valence-corrected chi connectivity index (χ0v) is 29.0. The molecule has 274 valence electrons. The Morgan fingerprint density at radius 2 is 0.896 bits per heavy atom. The molecule has 0 radical (unpaired) electrons. The minimum atomic E-state index is -1.30. The summed E-state index contributed by atoms with van der Waals surface area (Å²) in [6.07, 6.45) is 3.92. The fourth-order valence-electron chi connectivity index (χ4n) is 4.42. The van der Waals surface area contributed by atoms with Crippen LogP contribution in [0.15, 0.2) is 9.98 Å². The van der Waals surface area contributed by atoms with E-state index >= 15 is 0 Å². The van der Waals surface area contributed by atoms with Gasteiger partial charge >= 0.3 is 5.97 Å². The van der Waals surface area contributed by atoms with Crippen molar-refractivity contribution in [3.05, 3.63) is 0 Å². The molecule has 0 bridgehead atoms. The number of hydrogen-bond acceptors (Lipinski definition) is 9. The van der Waals surface area contributed by atoms with Crippen molar-refractivity contribution in [3.63, 3.8) is 0 Å². The number of carbonyl (C=O) groups is 6. The summed E-state index contributed by atoms with van der Waals surface area (Å²) in [5.74, 6) is -4.82. The summed E-state index contributed by atoms with van der Waals surface area (Å²) in [7, 11) is 0. The molecule has 5 amide bonds. The quantitative estimate of drug-likeness (QED) is 0.0213. The lowest BCUT2D eigenvalue weighted by Crippen LogP contribution is -2.59. The van der Waals surface area contributed by atoms with Crippen molar-refractivity contribution in [2.75, 3.05) is 18.8 Å². The SMILES string of the molecule is CCCC[C@H](NC(=O)[C@H](CCCN=C(N)N)NC(C)=O)C(=O)N[C@@H](CCCC)C(=O)N[C@@H](CCCN=C(N)N)C(=O)N[C@H](CS)C(=O)O. The lowest BCUT2D eigenvalue weighted by Gasteiger charge is -2.27. The van der Waals surface area contributed by atoms with Gasteiger partial charge in [-0.15, -0.1) is 0 Å². The normalized spacial score (nSPS) is 13.8. The van der Waals surface area contributed by atoms with E-state index in [0.717, 1.165) is 0 Å². The van der Waals surface area contributed by atoms with Crippen LogP contribution in [0.3, 0.4) is 0 Å². The Morgan fingerprint density at radius 1 is 0.583 bits per heavy atom. The maximum Gasteiger partial charge on any atom is 0.327 e. The predicted octanol–water partition coefficient (Wildman–Crippen LogP) is -2.07. The number of nitrogens with two attached hydrogens (primary N) is 4. The van der Waals surface area contributed by atoms with Crippen molar-refractivity contribution in [1.82, 2.24) is 26.6 Å². The minimum Gasteiger partial charge on any atom is -0.480 e. The van der Waals surface area contributed by atoms with Crippen LogP contribution in [0.1, 0.15) is 85.0 Å². The van der Waals surface area contributed by atoms with E-state index in [4.69, 9.17) is 22.9 Å². The number of amides is 5. The first-order valence-electron chi connectivity index (χ1n) is 16.1. The lowest BCUT2D eigenvalue weighted by molar-refractivity contribution is -0.141. The third kappa shape index (κ3) is 19.4. The molecular weight excluding hydrogens is 646 g/mol. The lowest BCUT2D eigenvalue weighted by atomic mass is 10.0. The molecule has 0 aliphatic carbocycles. The van der Waals surface area contributed by atoms with E-state index in [9.17, 15) is 33.9 Å². The Morgan fingerprint density at radius 3 is 1.17 bits per heavy atom. The summed E-state index contributed by atoms with van der Waals surface area (Å²) in [5.41, 5.74) is 21.4. The molecule has 0 rings (SSSR count).